The molecule has 81 heavy (non-hydrogen) atoms. The topological polar surface area (TPSA) is 49.9 Å². The predicted octanol–water partition coefficient (Wildman–Crippen LogP) is 20.2. The van der Waals surface area contributed by atoms with Crippen LogP contribution in [0.2, 0.25) is 0 Å². The Kier molecular flexibility index (Phi) is 10.4. The van der Waals surface area contributed by atoms with Gasteiger partial charge in [-0.05, 0) is 153 Å². The Bertz CT molecular complexity index is 4780. The van der Waals surface area contributed by atoms with E-state index >= 15 is 0 Å². The first-order valence-electron chi connectivity index (χ1n) is 28.2. The number of nitrogens with zero attached hydrogens (tertiary/aromatic N) is 1. The Balaban J connectivity index is 0.853. The van der Waals surface area contributed by atoms with Crippen molar-refractivity contribution in [3.63, 3.8) is 0 Å². The molecule has 0 saturated heterocycles. The van der Waals surface area contributed by atoms with E-state index in [-0.39, 0.29) is 11.3 Å². The summed E-state index contributed by atoms with van der Waals surface area (Å²) in [6, 6.07) is 93.5. The molecule has 0 bridgehead atoms. The van der Waals surface area contributed by atoms with Gasteiger partial charge in [0, 0.05) is 34.3 Å². The minimum atomic E-state index is -0.468. The van der Waals surface area contributed by atoms with Gasteiger partial charge in [0.25, 0.3) is 0 Å². The number of fused-ring (bicyclic) bond motifs is 20. The maximum absolute atomic E-state index is 6.85. The molecule has 2 N–H and O–H groups in total. The van der Waals surface area contributed by atoms with E-state index in [1.165, 1.54) is 88.5 Å². The van der Waals surface area contributed by atoms with Crippen LogP contribution in [0.5, 0.6) is 11.5 Å². The lowest BCUT2D eigenvalue weighted by Gasteiger charge is -2.30. The van der Waals surface area contributed by atoms with Gasteiger partial charge in [-0.2, -0.15) is 0 Å². The van der Waals surface area contributed by atoms with Crippen molar-refractivity contribution in [1.29, 1.82) is 0 Å². The van der Waals surface area contributed by atoms with E-state index in [2.05, 4.69) is 280 Å². The van der Waals surface area contributed by atoms with Crippen molar-refractivity contribution < 1.29 is 4.74 Å². The van der Waals surface area contributed by atoms with Crippen LogP contribution >= 0.6 is 0 Å². The van der Waals surface area contributed by atoms with Crippen LogP contribution in [0, 0.1) is 0 Å². The van der Waals surface area contributed by atoms with Gasteiger partial charge in [0.2, 0.25) is 0 Å². The molecule has 2 aromatic heterocycles. The van der Waals surface area contributed by atoms with Crippen LogP contribution in [0.1, 0.15) is 71.3 Å². The molecule has 0 fully saturated rings. The highest BCUT2D eigenvalue weighted by Gasteiger charge is 2.51. The van der Waals surface area contributed by atoms with Gasteiger partial charge in [0.15, 0.2) is 0 Å². The number of hydrogen-bond donors (Lipinski definition) is 2. The smallest absolute Gasteiger partial charge is 0.129 e. The van der Waals surface area contributed by atoms with E-state index in [0.29, 0.717) is 0 Å². The second-order valence-electron chi connectivity index (χ2n) is 23.1. The first-order valence-corrected chi connectivity index (χ1v) is 28.2. The van der Waals surface area contributed by atoms with Gasteiger partial charge in [-0.25, -0.2) is 0 Å². The Hall–Kier alpha value is -10.0. The molecule has 1 spiro atoms. The molecule has 0 amide bonds. The van der Waals surface area contributed by atoms with Gasteiger partial charge in [0.1, 0.15) is 11.5 Å². The molecule has 0 radical (unpaired) electrons. The number of nitrogens with one attached hydrogen (secondary N) is 2. The number of aromatic nitrogens is 2. The van der Waals surface area contributed by atoms with Crippen LogP contribution < -0.4 is 10.1 Å². The summed E-state index contributed by atoms with van der Waals surface area (Å²) >= 11 is 0. The average molecular weight is 1040 g/mol. The van der Waals surface area contributed by atoms with Gasteiger partial charge >= 0.3 is 0 Å². The highest BCUT2D eigenvalue weighted by atomic mass is 16.5. The number of aromatic amines is 1. The standard InChI is InChI=1S/C77H55N3O/c1-76(2,3)48-41-42-78-72(44-48)73-63-29-9-8-23-55(63)58-40-38-51(46-66(58)73)81-50-20-16-19-49(45-50)79-71-36-18-32-65-57-25-7-5-22-54(57)53-21-4-6-24-56(53)64-31-17-30-52(74(64)80-75(65)71)47-37-39-62-61-28-12-15-35-69(61)77(70(62)43-47)67-33-13-10-26-59(67)60-27-11-14-34-68(60)77/h4-46,73,79-80H,1-3H3. The number of ether oxygens (including phenoxy) is 1. The number of pyridine rings is 1. The number of anilines is 2. The molecular formula is C77H55N3O. The van der Waals surface area contributed by atoms with Gasteiger partial charge in [-0.3, -0.25) is 4.98 Å². The molecule has 384 valence electrons. The molecule has 3 aliphatic rings. The molecule has 0 saturated carbocycles. The van der Waals surface area contributed by atoms with E-state index in [0.717, 1.165) is 66.9 Å². The number of benzene rings is 11. The van der Waals surface area contributed by atoms with Crippen LogP contribution in [0.4, 0.5) is 11.4 Å². The molecule has 0 aliphatic heterocycles. The van der Waals surface area contributed by atoms with Crippen LogP contribution in [0.3, 0.4) is 0 Å². The summed E-state index contributed by atoms with van der Waals surface area (Å²) in [5.41, 5.74) is 23.4. The molecule has 4 nitrogen and oxygen atoms in total. The van der Waals surface area contributed by atoms with E-state index in [9.17, 15) is 0 Å². The zero-order valence-electron chi connectivity index (χ0n) is 45.3. The SMILES string of the molecule is CC(C)(C)c1ccnc(C2c3ccccc3-c3ccc(Oc4cccc(Nc5cccc6c5[nH]c5c(-c7ccc8c(c7)C7(c9ccccc9-c9ccccc97)c7ccccc7-8)cccc5c5ccccc5c5ccccc65)c4)cc32)c1. The maximum atomic E-state index is 6.85. The van der Waals surface area contributed by atoms with E-state index in [1.807, 2.05) is 12.3 Å². The molecule has 11 aromatic carbocycles. The molecule has 16 rings (SSSR count). The van der Waals surface area contributed by atoms with Crippen molar-refractivity contribution in [2.45, 2.75) is 37.5 Å². The number of hydrogen-bond acceptors (Lipinski definition) is 3. The van der Waals surface area contributed by atoms with Crippen molar-refractivity contribution in [3.05, 3.63) is 306 Å². The molecule has 4 heteroatoms. The number of rotatable bonds is 6. The van der Waals surface area contributed by atoms with Crippen molar-refractivity contribution in [2.24, 2.45) is 0 Å². The van der Waals surface area contributed by atoms with E-state index in [4.69, 9.17) is 9.72 Å². The summed E-state index contributed by atoms with van der Waals surface area (Å²) in [5, 5.41) is 10.8. The lowest BCUT2D eigenvalue weighted by molar-refractivity contribution is 0.482. The lowest BCUT2D eigenvalue weighted by atomic mass is 9.70. The van der Waals surface area contributed by atoms with Gasteiger partial charge < -0.3 is 15.0 Å². The first-order chi connectivity index (χ1) is 39.8. The summed E-state index contributed by atoms with van der Waals surface area (Å²) in [4.78, 5) is 9.21. The molecular weight excluding hydrogens is 983 g/mol. The Morgan fingerprint density at radius 2 is 0.926 bits per heavy atom. The van der Waals surface area contributed by atoms with Gasteiger partial charge in [0.05, 0.1) is 33.7 Å². The van der Waals surface area contributed by atoms with Crippen molar-refractivity contribution in [1.82, 2.24) is 9.97 Å². The lowest BCUT2D eigenvalue weighted by Crippen LogP contribution is -2.25. The Morgan fingerprint density at radius 1 is 0.407 bits per heavy atom. The summed E-state index contributed by atoms with van der Waals surface area (Å²) in [6.07, 6.45) is 1.96. The predicted molar refractivity (Wildman–Crippen MR) is 336 cm³/mol. The molecule has 3 aliphatic carbocycles. The minimum absolute atomic E-state index is 0.00237. The fourth-order valence-corrected chi connectivity index (χ4v) is 14.0. The second-order valence-corrected chi connectivity index (χ2v) is 23.1. The summed E-state index contributed by atoms with van der Waals surface area (Å²) in [5.74, 6) is 1.51. The van der Waals surface area contributed by atoms with Gasteiger partial charge in [-0.15, -0.1) is 0 Å². The molecule has 2 heterocycles. The average Bonchev–Trinajstić information content (AvgIpc) is 3.92. The number of para-hydroxylation sites is 2. The minimum Gasteiger partial charge on any atom is -0.457 e. The third kappa shape index (κ3) is 7.19. The second kappa shape index (κ2) is 18.0. The first kappa shape index (κ1) is 47.0. The zero-order valence-corrected chi connectivity index (χ0v) is 45.3. The summed E-state index contributed by atoms with van der Waals surface area (Å²) in [7, 11) is 0. The molecule has 1 unspecified atom stereocenters. The largest absolute Gasteiger partial charge is 0.457 e. The summed E-state index contributed by atoms with van der Waals surface area (Å²) in [6.45, 7) is 6.78. The maximum Gasteiger partial charge on any atom is 0.129 e. The molecule has 13 aromatic rings. The quantitative estimate of drug-likeness (QED) is 0.174. The van der Waals surface area contributed by atoms with Crippen LogP contribution in [0.15, 0.2) is 261 Å². The van der Waals surface area contributed by atoms with Crippen molar-refractivity contribution in [2.75, 3.05) is 5.32 Å². The highest BCUT2D eigenvalue weighted by molar-refractivity contribution is 6.21. The monoisotopic (exact) mass is 1040 g/mol. The van der Waals surface area contributed by atoms with Gasteiger partial charge in [-0.1, -0.05) is 221 Å². The Labute approximate surface area is 471 Å². The van der Waals surface area contributed by atoms with Crippen LogP contribution in [-0.2, 0) is 10.8 Å². The van der Waals surface area contributed by atoms with Crippen molar-refractivity contribution >= 4 is 54.7 Å². The zero-order chi connectivity index (χ0) is 54.0. The number of H-pyrrole nitrogens is 1. The fraction of sp³-hybridized carbons (Fsp3) is 0.0779. The third-order valence-electron chi connectivity index (χ3n) is 17.6. The highest BCUT2D eigenvalue weighted by Crippen LogP contribution is 2.63. The van der Waals surface area contributed by atoms with E-state index in [1.54, 1.807) is 0 Å². The normalized spacial score (nSPS) is 14.1. The fourth-order valence-electron chi connectivity index (χ4n) is 14.0. The van der Waals surface area contributed by atoms with E-state index < -0.39 is 5.41 Å². The van der Waals surface area contributed by atoms with Crippen molar-refractivity contribution in [3.8, 4) is 56.0 Å². The Morgan fingerprint density at radius 3 is 1.60 bits per heavy atom. The summed E-state index contributed by atoms with van der Waals surface area (Å²) < 4.78 is 6.85. The van der Waals surface area contributed by atoms with Crippen LogP contribution in [0.25, 0.3) is 87.9 Å². The molecule has 1 atom stereocenters. The third-order valence-corrected chi connectivity index (χ3v) is 17.6. The van der Waals surface area contributed by atoms with Crippen LogP contribution in [-0.4, -0.2) is 9.97 Å².